The fourth-order valence-electron chi connectivity index (χ4n) is 5.49. The van der Waals surface area contributed by atoms with Gasteiger partial charge in [-0.25, -0.2) is 17.8 Å². The summed E-state index contributed by atoms with van der Waals surface area (Å²) in [5.74, 6) is -0.699. The van der Waals surface area contributed by atoms with E-state index in [4.69, 9.17) is 0 Å². The van der Waals surface area contributed by atoms with Gasteiger partial charge in [0.2, 0.25) is 0 Å². The summed E-state index contributed by atoms with van der Waals surface area (Å²) < 4.78 is 41.5. The smallest absolute Gasteiger partial charge is 0.282 e. The number of nitrogens with zero attached hydrogens (tertiary/aromatic N) is 5. The van der Waals surface area contributed by atoms with E-state index in [-0.39, 0.29) is 22.8 Å². The highest BCUT2D eigenvalue weighted by Gasteiger charge is 2.38. The van der Waals surface area contributed by atoms with Gasteiger partial charge in [-0.1, -0.05) is 6.07 Å². The number of amides is 2. The van der Waals surface area contributed by atoms with E-state index in [0.717, 1.165) is 24.7 Å². The van der Waals surface area contributed by atoms with Crippen molar-refractivity contribution in [2.24, 2.45) is 0 Å². The van der Waals surface area contributed by atoms with Crippen molar-refractivity contribution in [3.05, 3.63) is 76.0 Å². The molecule has 12 heteroatoms. The van der Waals surface area contributed by atoms with E-state index in [1.54, 1.807) is 29.8 Å². The molecule has 3 aliphatic rings. The third-order valence-electron chi connectivity index (χ3n) is 7.67. The molecule has 2 fully saturated rings. The van der Waals surface area contributed by atoms with Crippen molar-refractivity contribution < 1.29 is 22.4 Å². The number of rotatable bonds is 5. The lowest BCUT2D eigenvalue weighted by molar-refractivity contribution is 0.00852. The monoisotopic (exact) mass is 569 g/mol. The van der Waals surface area contributed by atoms with Crippen molar-refractivity contribution in [1.82, 2.24) is 19.7 Å². The van der Waals surface area contributed by atoms with Crippen LogP contribution in [0.3, 0.4) is 0 Å². The number of likely N-dealkylation sites (tertiary alicyclic amines) is 1. The van der Waals surface area contributed by atoms with Gasteiger partial charge >= 0.3 is 0 Å². The molecule has 3 aromatic rings. The summed E-state index contributed by atoms with van der Waals surface area (Å²) in [5.41, 5.74) is 1.87. The third-order valence-corrected chi connectivity index (χ3v) is 10.2. The number of carbonyl (C=O) groups is 2. The molecule has 4 heterocycles. The highest BCUT2D eigenvalue weighted by Crippen LogP contribution is 2.33. The standard InChI is InChI=1S/C27H28FN5O4S2/c28-21-4-1-5-23(16-21)39(36,37)33-9-2-3-19-15-20(6-7-24(19)33)26(34)32-17-22(18-32)30-10-12-31(13-11-30)27(35)25-29-8-14-38-25/h1,4-8,14-16,22H,2-3,9-13,17-18H2. The normalized spacial score (nSPS) is 18.5. The van der Waals surface area contributed by atoms with Gasteiger partial charge in [-0.05, 0) is 54.8 Å². The lowest BCUT2D eigenvalue weighted by atomic mass is 9.98. The Morgan fingerprint density at radius 3 is 2.46 bits per heavy atom. The first-order valence-electron chi connectivity index (χ1n) is 12.9. The van der Waals surface area contributed by atoms with Crippen LogP contribution < -0.4 is 4.31 Å². The average Bonchev–Trinajstić information content (AvgIpc) is 3.47. The van der Waals surface area contributed by atoms with E-state index in [2.05, 4.69) is 9.88 Å². The van der Waals surface area contributed by atoms with Gasteiger partial charge < -0.3 is 9.80 Å². The Bertz CT molecular complexity index is 1500. The molecule has 0 saturated carbocycles. The predicted molar refractivity (Wildman–Crippen MR) is 145 cm³/mol. The lowest BCUT2D eigenvalue weighted by Gasteiger charge is -2.48. The molecule has 9 nitrogen and oxygen atoms in total. The van der Waals surface area contributed by atoms with Crippen LogP contribution in [0.1, 0.15) is 32.1 Å². The number of hydrogen-bond acceptors (Lipinski definition) is 7. The van der Waals surface area contributed by atoms with Gasteiger partial charge in [-0.15, -0.1) is 11.3 Å². The number of carbonyl (C=O) groups excluding carboxylic acids is 2. The van der Waals surface area contributed by atoms with E-state index < -0.39 is 15.8 Å². The first-order valence-corrected chi connectivity index (χ1v) is 15.3. The molecule has 0 bridgehead atoms. The molecule has 2 saturated heterocycles. The Hall–Kier alpha value is -3.35. The average molecular weight is 570 g/mol. The minimum atomic E-state index is -3.92. The quantitative estimate of drug-likeness (QED) is 0.469. The summed E-state index contributed by atoms with van der Waals surface area (Å²) in [7, 11) is -3.92. The zero-order chi connectivity index (χ0) is 27.1. The second-order valence-electron chi connectivity index (χ2n) is 10.0. The maximum atomic E-state index is 13.7. The predicted octanol–water partition coefficient (Wildman–Crippen LogP) is 2.71. The van der Waals surface area contributed by atoms with Crippen molar-refractivity contribution >= 4 is 38.9 Å². The van der Waals surface area contributed by atoms with Crippen LogP contribution in [0.2, 0.25) is 0 Å². The summed E-state index contributed by atoms with van der Waals surface area (Å²) in [5, 5.41) is 2.32. The van der Waals surface area contributed by atoms with Crippen LogP contribution in [0.4, 0.5) is 10.1 Å². The van der Waals surface area contributed by atoms with Crippen LogP contribution >= 0.6 is 11.3 Å². The molecule has 2 amide bonds. The number of benzene rings is 2. The largest absolute Gasteiger partial charge is 0.335 e. The van der Waals surface area contributed by atoms with E-state index in [1.165, 1.54) is 33.8 Å². The summed E-state index contributed by atoms with van der Waals surface area (Å²) >= 11 is 1.35. The van der Waals surface area contributed by atoms with Crippen molar-refractivity contribution in [3.63, 3.8) is 0 Å². The molecular weight excluding hydrogens is 541 g/mol. The Balaban J connectivity index is 1.08. The maximum absolute atomic E-state index is 13.7. The second-order valence-corrected chi connectivity index (χ2v) is 12.8. The molecule has 0 aliphatic carbocycles. The molecule has 0 spiro atoms. The molecule has 2 aromatic carbocycles. The van der Waals surface area contributed by atoms with Gasteiger partial charge in [0.25, 0.3) is 21.8 Å². The first-order chi connectivity index (χ1) is 18.8. The zero-order valence-electron chi connectivity index (χ0n) is 21.2. The van der Waals surface area contributed by atoms with E-state index in [0.29, 0.717) is 61.8 Å². The molecule has 39 heavy (non-hydrogen) atoms. The summed E-state index contributed by atoms with van der Waals surface area (Å²) in [4.78, 5) is 35.8. The summed E-state index contributed by atoms with van der Waals surface area (Å²) in [6.07, 6.45) is 2.92. The molecule has 204 valence electrons. The molecule has 0 unspecified atom stereocenters. The molecule has 0 atom stereocenters. The number of piperazine rings is 1. The van der Waals surface area contributed by atoms with Crippen molar-refractivity contribution in [3.8, 4) is 0 Å². The molecule has 1 aromatic heterocycles. The van der Waals surface area contributed by atoms with Gasteiger partial charge in [0, 0.05) is 69.0 Å². The first kappa shape index (κ1) is 25.9. The molecule has 0 N–H and O–H groups in total. The van der Waals surface area contributed by atoms with E-state index >= 15 is 0 Å². The van der Waals surface area contributed by atoms with Crippen molar-refractivity contribution in [1.29, 1.82) is 0 Å². The number of aromatic nitrogens is 1. The van der Waals surface area contributed by atoms with Gasteiger partial charge in [-0.3, -0.25) is 18.8 Å². The zero-order valence-corrected chi connectivity index (χ0v) is 22.8. The molecule has 3 aliphatic heterocycles. The number of thiazole rings is 1. The number of sulfonamides is 1. The van der Waals surface area contributed by atoms with Crippen LogP contribution in [-0.4, -0.2) is 91.8 Å². The SMILES string of the molecule is O=C(c1ccc2c(c1)CCCN2S(=O)(=O)c1cccc(F)c1)N1CC(N2CCN(C(=O)c3nccs3)CC2)C1. The minimum Gasteiger partial charge on any atom is -0.335 e. The fraction of sp³-hybridized carbons (Fsp3) is 0.370. The number of fused-ring (bicyclic) bond motifs is 1. The second kappa shape index (κ2) is 10.3. The Morgan fingerprint density at radius 2 is 1.74 bits per heavy atom. The van der Waals surface area contributed by atoms with Crippen LogP contribution in [0.5, 0.6) is 0 Å². The fourth-order valence-corrected chi connectivity index (χ4v) is 7.66. The number of hydrogen-bond donors (Lipinski definition) is 0. The molecule has 6 rings (SSSR count). The van der Waals surface area contributed by atoms with Crippen LogP contribution in [0, 0.1) is 5.82 Å². The minimum absolute atomic E-state index is 0.0234. The lowest BCUT2D eigenvalue weighted by Crippen LogP contribution is -2.64. The van der Waals surface area contributed by atoms with Crippen LogP contribution in [-0.2, 0) is 16.4 Å². The number of aryl methyl sites for hydroxylation is 1. The van der Waals surface area contributed by atoms with Crippen LogP contribution in [0.15, 0.2) is 58.9 Å². The Morgan fingerprint density at radius 1 is 0.949 bits per heavy atom. The topological polar surface area (TPSA) is 94.1 Å². The number of halogens is 1. The highest BCUT2D eigenvalue weighted by atomic mass is 32.2. The number of anilines is 1. The molecular formula is C27H28FN5O4S2. The van der Waals surface area contributed by atoms with Gasteiger partial charge in [0.15, 0.2) is 5.01 Å². The Kier molecular flexibility index (Phi) is 6.86. The van der Waals surface area contributed by atoms with Crippen molar-refractivity contribution in [2.75, 3.05) is 50.1 Å². The summed E-state index contributed by atoms with van der Waals surface area (Å²) in [6, 6.07) is 10.4. The van der Waals surface area contributed by atoms with Gasteiger partial charge in [-0.2, -0.15) is 0 Å². The van der Waals surface area contributed by atoms with Crippen molar-refractivity contribution in [2.45, 2.75) is 23.8 Å². The van der Waals surface area contributed by atoms with E-state index in [1.807, 2.05) is 9.80 Å². The van der Waals surface area contributed by atoms with Crippen LogP contribution in [0.25, 0.3) is 0 Å². The molecule has 0 radical (unpaired) electrons. The van der Waals surface area contributed by atoms with Gasteiger partial charge in [0.05, 0.1) is 10.6 Å². The Labute approximate surface area is 230 Å². The third kappa shape index (κ3) is 4.92. The highest BCUT2D eigenvalue weighted by molar-refractivity contribution is 7.92. The van der Waals surface area contributed by atoms with Gasteiger partial charge in [0.1, 0.15) is 5.82 Å². The maximum Gasteiger partial charge on any atom is 0.282 e. The summed E-state index contributed by atoms with van der Waals surface area (Å²) in [6.45, 7) is 4.35. The van der Waals surface area contributed by atoms with E-state index in [9.17, 15) is 22.4 Å².